The number of carboxylic acids is 1. The molecule has 3 nitrogen and oxygen atoms in total. The van der Waals surface area contributed by atoms with Gasteiger partial charge in [-0.1, -0.05) is 11.6 Å². The van der Waals surface area contributed by atoms with Crippen LogP contribution in [0.25, 0.3) is 0 Å². The third kappa shape index (κ3) is 1.81. The number of benzene rings is 1. The van der Waals surface area contributed by atoms with E-state index in [1.807, 2.05) is 6.07 Å². The van der Waals surface area contributed by atoms with E-state index in [0.29, 0.717) is 10.8 Å². The van der Waals surface area contributed by atoms with Crippen LogP contribution in [-0.4, -0.2) is 22.9 Å². The Bertz CT molecular complexity index is 383. The van der Waals surface area contributed by atoms with Gasteiger partial charge in [-0.3, -0.25) is 0 Å². The van der Waals surface area contributed by atoms with Crippen molar-refractivity contribution in [2.45, 2.75) is 10.9 Å². The van der Waals surface area contributed by atoms with Crippen LogP contribution in [0, 0.1) is 0 Å². The van der Waals surface area contributed by atoms with E-state index < -0.39 is 12.0 Å². The predicted molar refractivity (Wildman–Crippen MR) is 57.2 cm³/mol. The van der Waals surface area contributed by atoms with E-state index in [1.165, 1.54) is 11.8 Å². The summed E-state index contributed by atoms with van der Waals surface area (Å²) in [5, 5.41) is 12.4. The monoisotopic (exact) mass is 229 g/mol. The number of carboxylic acid groups (broad SMARTS) is 1. The fraction of sp³-hybridized carbons (Fsp3) is 0.222. The molecule has 1 aromatic carbocycles. The van der Waals surface area contributed by atoms with Gasteiger partial charge in [0, 0.05) is 21.4 Å². The van der Waals surface area contributed by atoms with Gasteiger partial charge < -0.3 is 10.4 Å². The van der Waals surface area contributed by atoms with Crippen molar-refractivity contribution in [3.05, 3.63) is 23.2 Å². The first kappa shape index (κ1) is 9.68. The largest absolute Gasteiger partial charge is 0.480 e. The van der Waals surface area contributed by atoms with Crippen LogP contribution in [-0.2, 0) is 4.79 Å². The molecule has 0 spiro atoms. The number of hydrogen-bond acceptors (Lipinski definition) is 3. The van der Waals surface area contributed by atoms with Gasteiger partial charge in [-0.2, -0.15) is 0 Å². The smallest absolute Gasteiger partial charge is 0.326 e. The van der Waals surface area contributed by atoms with Gasteiger partial charge in [0.15, 0.2) is 0 Å². The second-order valence-corrected chi connectivity index (χ2v) is 4.48. The fourth-order valence-corrected chi connectivity index (χ4v) is 2.46. The Morgan fingerprint density at radius 2 is 2.43 bits per heavy atom. The quantitative estimate of drug-likeness (QED) is 0.776. The minimum absolute atomic E-state index is 0.522. The van der Waals surface area contributed by atoms with E-state index in [0.717, 1.165) is 10.6 Å². The maximum absolute atomic E-state index is 10.7. The van der Waals surface area contributed by atoms with Crippen LogP contribution in [0.2, 0.25) is 5.02 Å². The highest BCUT2D eigenvalue weighted by atomic mass is 35.5. The third-order valence-corrected chi connectivity index (χ3v) is 3.38. The van der Waals surface area contributed by atoms with Gasteiger partial charge in [-0.15, -0.1) is 11.8 Å². The first-order chi connectivity index (χ1) is 6.66. The van der Waals surface area contributed by atoms with Crippen LogP contribution >= 0.6 is 23.4 Å². The van der Waals surface area contributed by atoms with Crippen molar-refractivity contribution in [2.75, 3.05) is 11.1 Å². The van der Waals surface area contributed by atoms with Gasteiger partial charge in [0.25, 0.3) is 0 Å². The summed E-state index contributed by atoms with van der Waals surface area (Å²) in [6, 6.07) is 4.92. The summed E-state index contributed by atoms with van der Waals surface area (Å²) in [6.07, 6.45) is 0. The van der Waals surface area contributed by atoms with Crippen molar-refractivity contribution in [3.63, 3.8) is 0 Å². The number of carbonyl (C=O) groups is 1. The molecular formula is C9H8ClNO2S. The zero-order valence-electron chi connectivity index (χ0n) is 7.16. The molecule has 0 bridgehead atoms. The number of rotatable bonds is 1. The maximum Gasteiger partial charge on any atom is 0.326 e. The molecular weight excluding hydrogens is 222 g/mol. The number of hydrogen-bond donors (Lipinski definition) is 2. The zero-order chi connectivity index (χ0) is 10.1. The van der Waals surface area contributed by atoms with Crippen molar-refractivity contribution in [1.29, 1.82) is 0 Å². The molecule has 0 aromatic heterocycles. The Labute approximate surface area is 90.5 Å². The Hall–Kier alpha value is -0.870. The lowest BCUT2D eigenvalue weighted by atomic mass is 10.2. The number of halogens is 1. The molecule has 1 aliphatic rings. The third-order valence-electron chi connectivity index (χ3n) is 1.97. The van der Waals surface area contributed by atoms with Crippen molar-refractivity contribution < 1.29 is 9.90 Å². The van der Waals surface area contributed by atoms with Crippen LogP contribution in [0.1, 0.15) is 0 Å². The number of thioether (sulfide) groups is 1. The molecule has 1 atom stereocenters. The van der Waals surface area contributed by atoms with Crippen molar-refractivity contribution >= 4 is 35.0 Å². The molecule has 1 aliphatic heterocycles. The highest BCUT2D eigenvalue weighted by molar-refractivity contribution is 7.99. The highest BCUT2D eigenvalue weighted by Crippen LogP contribution is 2.34. The summed E-state index contributed by atoms with van der Waals surface area (Å²) in [5.74, 6) is -0.285. The van der Waals surface area contributed by atoms with Gasteiger partial charge in [0.05, 0.1) is 0 Å². The Balaban J connectivity index is 2.29. The van der Waals surface area contributed by atoms with Crippen molar-refractivity contribution in [1.82, 2.24) is 0 Å². The van der Waals surface area contributed by atoms with E-state index in [-0.39, 0.29) is 0 Å². The minimum Gasteiger partial charge on any atom is -0.480 e. The molecule has 0 radical (unpaired) electrons. The molecule has 2 N–H and O–H groups in total. The SMILES string of the molecule is O=C(O)C1CSc2ccc(Cl)cc2N1. The lowest BCUT2D eigenvalue weighted by Crippen LogP contribution is -2.33. The molecule has 2 rings (SSSR count). The summed E-state index contributed by atoms with van der Waals surface area (Å²) in [6.45, 7) is 0. The molecule has 0 saturated carbocycles. The topological polar surface area (TPSA) is 49.3 Å². The molecule has 1 heterocycles. The summed E-state index contributed by atoms with van der Waals surface area (Å²) >= 11 is 7.34. The first-order valence-electron chi connectivity index (χ1n) is 4.08. The molecule has 1 unspecified atom stereocenters. The van der Waals surface area contributed by atoms with E-state index in [2.05, 4.69) is 5.32 Å². The maximum atomic E-state index is 10.7. The fourth-order valence-electron chi connectivity index (χ4n) is 1.28. The summed E-state index contributed by atoms with van der Waals surface area (Å²) in [4.78, 5) is 11.8. The summed E-state index contributed by atoms with van der Waals surface area (Å²) in [5.41, 5.74) is 0.807. The molecule has 0 aliphatic carbocycles. The number of fused-ring (bicyclic) bond motifs is 1. The molecule has 0 saturated heterocycles. The highest BCUT2D eigenvalue weighted by Gasteiger charge is 2.23. The van der Waals surface area contributed by atoms with Gasteiger partial charge in [0.1, 0.15) is 6.04 Å². The van der Waals surface area contributed by atoms with Crippen LogP contribution in [0.15, 0.2) is 23.1 Å². The molecule has 0 fully saturated rings. The summed E-state index contributed by atoms with van der Waals surface area (Å²) < 4.78 is 0. The van der Waals surface area contributed by atoms with E-state index >= 15 is 0 Å². The van der Waals surface area contributed by atoms with E-state index in [4.69, 9.17) is 16.7 Å². The number of nitrogens with one attached hydrogen (secondary N) is 1. The van der Waals surface area contributed by atoms with Gasteiger partial charge in [-0.25, -0.2) is 4.79 Å². The number of aliphatic carboxylic acids is 1. The average molecular weight is 230 g/mol. The predicted octanol–water partition coefficient (Wildman–Crippen LogP) is 2.31. The lowest BCUT2D eigenvalue weighted by molar-refractivity contribution is -0.137. The lowest BCUT2D eigenvalue weighted by Gasteiger charge is -2.23. The Morgan fingerprint density at radius 1 is 1.64 bits per heavy atom. The molecule has 74 valence electrons. The van der Waals surface area contributed by atoms with Gasteiger partial charge >= 0.3 is 5.97 Å². The van der Waals surface area contributed by atoms with Crippen LogP contribution in [0.3, 0.4) is 0 Å². The Morgan fingerprint density at radius 3 is 3.14 bits per heavy atom. The standard InChI is InChI=1S/C9H8ClNO2S/c10-5-1-2-8-6(3-5)11-7(4-14-8)9(12)13/h1-3,7,11H,4H2,(H,12,13). The minimum atomic E-state index is -0.830. The first-order valence-corrected chi connectivity index (χ1v) is 5.45. The molecule has 5 heteroatoms. The molecule has 0 amide bonds. The zero-order valence-corrected chi connectivity index (χ0v) is 8.73. The second-order valence-electron chi connectivity index (χ2n) is 2.99. The van der Waals surface area contributed by atoms with Gasteiger partial charge in [0.2, 0.25) is 0 Å². The average Bonchev–Trinajstić information content (AvgIpc) is 2.16. The van der Waals surface area contributed by atoms with Crippen molar-refractivity contribution in [3.8, 4) is 0 Å². The van der Waals surface area contributed by atoms with Crippen LogP contribution in [0.5, 0.6) is 0 Å². The Kier molecular flexibility index (Phi) is 2.56. The van der Waals surface area contributed by atoms with Crippen molar-refractivity contribution in [2.24, 2.45) is 0 Å². The summed E-state index contributed by atoms with van der Waals surface area (Å²) in [7, 11) is 0. The molecule has 1 aromatic rings. The van der Waals surface area contributed by atoms with Crippen LogP contribution in [0.4, 0.5) is 5.69 Å². The second kappa shape index (κ2) is 3.71. The van der Waals surface area contributed by atoms with E-state index in [1.54, 1.807) is 12.1 Å². The number of anilines is 1. The van der Waals surface area contributed by atoms with E-state index in [9.17, 15) is 4.79 Å². The van der Waals surface area contributed by atoms with Gasteiger partial charge in [-0.05, 0) is 18.2 Å². The molecule has 14 heavy (non-hydrogen) atoms. The van der Waals surface area contributed by atoms with Crippen LogP contribution < -0.4 is 5.32 Å². The normalized spacial score (nSPS) is 19.6.